The molecular formula is C31H37ClN4O2. The monoisotopic (exact) mass is 532 g/mol. The summed E-state index contributed by atoms with van der Waals surface area (Å²) >= 11 is 6.45. The molecule has 0 bridgehead atoms. The van der Waals surface area contributed by atoms with Crippen LogP contribution in [0.3, 0.4) is 0 Å². The van der Waals surface area contributed by atoms with Crippen LogP contribution in [0.1, 0.15) is 82.4 Å². The van der Waals surface area contributed by atoms with Crippen LogP contribution in [0.4, 0.5) is 5.69 Å². The zero-order valence-electron chi connectivity index (χ0n) is 22.0. The van der Waals surface area contributed by atoms with Crippen LogP contribution in [0, 0.1) is 0 Å². The maximum atomic E-state index is 14.2. The first-order valence-corrected chi connectivity index (χ1v) is 14.8. The molecule has 6 nitrogen and oxygen atoms in total. The number of benzene rings is 2. The molecule has 38 heavy (non-hydrogen) atoms. The fourth-order valence-corrected chi connectivity index (χ4v) is 7.23. The second kappa shape index (κ2) is 11.1. The number of hydrogen-bond acceptors (Lipinski definition) is 3. The van der Waals surface area contributed by atoms with Crippen LogP contribution < -0.4 is 4.90 Å². The number of hydrogen-bond donors (Lipinski definition) is 0. The third-order valence-electron chi connectivity index (χ3n) is 8.84. The van der Waals surface area contributed by atoms with Gasteiger partial charge in [0.05, 0.1) is 21.7 Å². The van der Waals surface area contributed by atoms with Gasteiger partial charge in [0, 0.05) is 31.0 Å². The first-order valence-electron chi connectivity index (χ1n) is 14.4. The van der Waals surface area contributed by atoms with Gasteiger partial charge in [-0.15, -0.1) is 0 Å². The summed E-state index contributed by atoms with van der Waals surface area (Å²) in [5.74, 6) is 0.978. The number of imidazole rings is 1. The molecule has 1 aliphatic heterocycles. The Hall–Kier alpha value is -2.86. The Morgan fingerprint density at radius 1 is 0.895 bits per heavy atom. The van der Waals surface area contributed by atoms with Crippen molar-refractivity contribution < 1.29 is 9.59 Å². The highest BCUT2D eigenvalue weighted by atomic mass is 35.5. The van der Waals surface area contributed by atoms with Crippen molar-refractivity contribution in [2.24, 2.45) is 0 Å². The quantitative estimate of drug-likeness (QED) is 0.355. The van der Waals surface area contributed by atoms with Crippen molar-refractivity contribution in [3.63, 3.8) is 0 Å². The smallest absolute Gasteiger partial charge is 0.243 e. The van der Waals surface area contributed by atoms with Gasteiger partial charge in [-0.2, -0.15) is 0 Å². The summed E-state index contributed by atoms with van der Waals surface area (Å²) in [5.41, 5.74) is 2.58. The molecule has 2 amide bonds. The summed E-state index contributed by atoms with van der Waals surface area (Å²) in [6.45, 7) is 0.786. The normalized spacial score (nSPS) is 21.3. The van der Waals surface area contributed by atoms with Gasteiger partial charge < -0.3 is 14.4 Å². The molecule has 3 fully saturated rings. The topological polar surface area (TPSA) is 58.4 Å². The molecule has 1 saturated heterocycles. The number of carbonyl (C=O) groups excluding carboxylic acids is 2. The molecule has 1 aromatic heterocycles. The molecule has 0 N–H and O–H groups in total. The van der Waals surface area contributed by atoms with E-state index in [2.05, 4.69) is 9.47 Å². The molecule has 6 rings (SSSR count). The lowest BCUT2D eigenvalue weighted by molar-refractivity contribution is -0.138. The first-order chi connectivity index (χ1) is 18.6. The van der Waals surface area contributed by atoms with Gasteiger partial charge in [-0.25, -0.2) is 4.98 Å². The molecule has 2 aliphatic carbocycles. The molecule has 3 aliphatic rings. The number of aromatic nitrogens is 2. The zero-order chi connectivity index (χ0) is 26.1. The van der Waals surface area contributed by atoms with Crippen LogP contribution in [-0.4, -0.2) is 44.9 Å². The standard InChI is InChI=1S/C31H37ClN4O2/c32-25-15-7-9-17-27(25)34-20-22(19-29(34)37)31-33-26-16-8-10-18-28(26)35(31)21-30(38)36(23-11-3-1-4-12-23)24-13-5-2-6-14-24/h7-10,15-18,22-24H,1-6,11-14,19-21H2. The van der Waals surface area contributed by atoms with Crippen molar-refractivity contribution in [1.29, 1.82) is 0 Å². The Morgan fingerprint density at radius 3 is 2.21 bits per heavy atom. The fraction of sp³-hybridized carbons (Fsp3) is 0.516. The van der Waals surface area contributed by atoms with Gasteiger partial charge in [0.1, 0.15) is 12.4 Å². The van der Waals surface area contributed by atoms with E-state index in [9.17, 15) is 9.59 Å². The van der Waals surface area contributed by atoms with E-state index in [-0.39, 0.29) is 24.3 Å². The number of nitrogens with zero attached hydrogens (tertiary/aromatic N) is 4. The van der Waals surface area contributed by atoms with Crippen molar-refractivity contribution >= 4 is 40.1 Å². The molecule has 1 atom stereocenters. The lowest BCUT2D eigenvalue weighted by Crippen LogP contribution is -2.50. The molecule has 200 valence electrons. The van der Waals surface area contributed by atoms with E-state index < -0.39 is 0 Å². The molecular weight excluding hydrogens is 496 g/mol. The predicted molar refractivity (Wildman–Crippen MR) is 151 cm³/mol. The van der Waals surface area contributed by atoms with Crippen LogP contribution in [0.25, 0.3) is 11.0 Å². The van der Waals surface area contributed by atoms with Crippen molar-refractivity contribution in [3.05, 3.63) is 59.4 Å². The summed E-state index contributed by atoms with van der Waals surface area (Å²) in [7, 11) is 0. The van der Waals surface area contributed by atoms with Crippen molar-refractivity contribution in [2.45, 2.75) is 95.2 Å². The second-order valence-corrected chi connectivity index (χ2v) is 11.7. The highest BCUT2D eigenvalue weighted by Gasteiger charge is 2.37. The highest BCUT2D eigenvalue weighted by Crippen LogP contribution is 2.37. The van der Waals surface area contributed by atoms with E-state index in [0.29, 0.717) is 30.1 Å². The number of carbonyl (C=O) groups is 2. The molecule has 2 saturated carbocycles. The van der Waals surface area contributed by atoms with E-state index in [1.807, 2.05) is 48.5 Å². The van der Waals surface area contributed by atoms with Crippen LogP contribution in [0.5, 0.6) is 0 Å². The minimum atomic E-state index is -0.100. The molecule has 2 heterocycles. The van der Waals surface area contributed by atoms with Crippen LogP contribution in [0.15, 0.2) is 48.5 Å². The SMILES string of the molecule is O=C1CC(c2nc3ccccc3n2CC(=O)N(C2CCCCC2)C2CCCCC2)CN1c1ccccc1Cl. The van der Waals surface area contributed by atoms with Gasteiger partial charge in [-0.05, 0) is 49.9 Å². The van der Waals surface area contributed by atoms with E-state index in [4.69, 9.17) is 16.6 Å². The van der Waals surface area contributed by atoms with E-state index in [0.717, 1.165) is 48.2 Å². The van der Waals surface area contributed by atoms with E-state index in [1.165, 1.54) is 38.5 Å². The predicted octanol–water partition coefficient (Wildman–Crippen LogP) is 6.70. The lowest BCUT2D eigenvalue weighted by atomic mass is 9.88. The van der Waals surface area contributed by atoms with Crippen LogP contribution in [-0.2, 0) is 16.1 Å². The van der Waals surface area contributed by atoms with Crippen LogP contribution in [0.2, 0.25) is 5.02 Å². The third-order valence-corrected chi connectivity index (χ3v) is 9.15. The molecule has 7 heteroatoms. The Morgan fingerprint density at radius 2 is 1.53 bits per heavy atom. The second-order valence-electron chi connectivity index (χ2n) is 11.3. The Labute approximate surface area is 230 Å². The maximum absolute atomic E-state index is 14.2. The zero-order valence-corrected chi connectivity index (χ0v) is 22.8. The van der Waals surface area contributed by atoms with E-state index in [1.54, 1.807) is 4.90 Å². The van der Waals surface area contributed by atoms with Gasteiger partial charge in [0.15, 0.2) is 0 Å². The Balaban J connectivity index is 1.32. The fourth-order valence-electron chi connectivity index (χ4n) is 7.00. The van der Waals surface area contributed by atoms with Gasteiger partial charge in [-0.3, -0.25) is 9.59 Å². The number of amides is 2. The van der Waals surface area contributed by atoms with Crippen molar-refractivity contribution in [1.82, 2.24) is 14.5 Å². The number of rotatable bonds is 6. The molecule has 2 aromatic carbocycles. The average molecular weight is 533 g/mol. The molecule has 1 unspecified atom stereocenters. The molecule has 0 radical (unpaired) electrons. The summed E-state index contributed by atoms with van der Waals surface area (Å²) < 4.78 is 2.10. The van der Waals surface area contributed by atoms with Gasteiger partial charge in [0.25, 0.3) is 0 Å². The summed E-state index contributed by atoms with van der Waals surface area (Å²) in [6, 6.07) is 16.2. The van der Waals surface area contributed by atoms with Crippen LogP contribution >= 0.6 is 11.6 Å². The minimum absolute atomic E-state index is 0.0408. The first kappa shape index (κ1) is 25.4. The number of fused-ring (bicyclic) bond motifs is 1. The third kappa shape index (κ3) is 4.95. The number of para-hydroxylation sites is 3. The largest absolute Gasteiger partial charge is 0.335 e. The van der Waals surface area contributed by atoms with Crippen molar-refractivity contribution in [3.8, 4) is 0 Å². The molecule has 0 spiro atoms. The summed E-state index contributed by atoms with van der Waals surface area (Å²) in [6.07, 6.45) is 12.2. The van der Waals surface area contributed by atoms with Gasteiger partial charge in [0.2, 0.25) is 11.8 Å². The maximum Gasteiger partial charge on any atom is 0.243 e. The van der Waals surface area contributed by atoms with Crippen molar-refractivity contribution in [2.75, 3.05) is 11.4 Å². The van der Waals surface area contributed by atoms with E-state index >= 15 is 0 Å². The van der Waals surface area contributed by atoms with Gasteiger partial charge in [-0.1, -0.05) is 74.4 Å². The molecule has 3 aromatic rings. The Kier molecular flexibility index (Phi) is 7.42. The average Bonchev–Trinajstić information content (AvgIpc) is 3.51. The Bertz CT molecular complexity index is 1290. The number of halogens is 1. The summed E-state index contributed by atoms with van der Waals surface area (Å²) in [4.78, 5) is 36.4. The minimum Gasteiger partial charge on any atom is -0.335 e. The highest BCUT2D eigenvalue weighted by molar-refractivity contribution is 6.33. The van der Waals surface area contributed by atoms with Gasteiger partial charge >= 0.3 is 0 Å². The summed E-state index contributed by atoms with van der Waals surface area (Å²) in [5, 5.41) is 0.570. The lowest BCUT2D eigenvalue weighted by Gasteiger charge is -2.42. The number of anilines is 1.